The molecular formula is C13H11N5O3. The summed E-state index contributed by atoms with van der Waals surface area (Å²) in [6, 6.07) is 3.22. The van der Waals surface area contributed by atoms with E-state index in [-0.39, 0.29) is 17.5 Å². The maximum atomic E-state index is 10.9. The van der Waals surface area contributed by atoms with Gasteiger partial charge >= 0.3 is 5.97 Å². The van der Waals surface area contributed by atoms with E-state index in [9.17, 15) is 4.79 Å². The molecule has 0 aliphatic heterocycles. The average Bonchev–Trinajstić information content (AvgIpc) is 2.87. The quantitative estimate of drug-likeness (QED) is 0.815. The molecule has 1 fully saturated rings. The maximum absolute atomic E-state index is 10.9. The van der Waals surface area contributed by atoms with Crippen LogP contribution in [0, 0.1) is 17.8 Å². The molecule has 8 heteroatoms. The van der Waals surface area contributed by atoms with Gasteiger partial charge in [0.2, 0.25) is 11.6 Å². The Morgan fingerprint density at radius 1 is 1.33 bits per heavy atom. The molecule has 0 spiro atoms. The van der Waals surface area contributed by atoms with Gasteiger partial charge in [0.15, 0.2) is 0 Å². The first-order valence-electron chi connectivity index (χ1n) is 6.40. The van der Waals surface area contributed by atoms with Crippen molar-refractivity contribution in [2.75, 3.05) is 0 Å². The van der Waals surface area contributed by atoms with Gasteiger partial charge in [0.25, 0.3) is 5.88 Å². The third kappa shape index (κ3) is 2.97. The minimum atomic E-state index is -1.24. The molecule has 0 atom stereocenters. The Morgan fingerprint density at radius 2 is 2.19 bits per heavy atom. The van der Waals surface area contributed by atoms with Gasteiger partial charge < -0.3 is 9.84 Å². The average molecular weight is 285 g/mol. The summed E-state index contributed by atoms with van der Waals surface area (Å²) in [5.74, 6) is 5.36. The van der Waals surface area contributed by atoms with Crippen molar-refractivity contribution < 1.29 is 14.6 Å². The smallest absolute Gasteiger partial charge is 0.362 e. The van der Waals surface area contributed by atoms with Crippen molar-refractivity contribution >= 4 is 5.97 Å². The fourth-order valence-corrected chi connectivity index (χ4v) is 1.70. The summed E-state index contributed by atoms with van der Waals surface area (Å²) in [6.07, 6.45) is 3.53. The van der Waals surface area contributed by atoms with Gasteiger partial charge in [-0.05, 0) is 24.8 Å². The van der Waals surface area contributed by atoms with Gasteiger partial charge in [0.05, 0.1) is 0 Å². The Bertz CT molecular complexity index is 709. The van der Waals surface area contributed by atoms with Crippen molar-refractivity contribution in [1.29, 1.82) is 0 Å². The van der Waals surface area contributed by atoms with Crippen LogP contribution in [0.1, 0.15) is 35.4 Å². The van der Waals surface area contributed by atoms with Crippen molar-refractivity contribution in [1.82, 2.24) is 25.6 Å². The highest BCUT2D eigenvalue weighted by Crippen LogP contribution is 2.25. The molecule has 2 aromatic heterocycles. The first-order valence-corrected chi connectivity index (χ1v) is 6.40. The Morgan fingerprint density at radius 3 is 2.81 bits per heavy atom. The second-order valence-electron chi connectivity index (χ2n) is 4.55. The van der Waals surface area contributed by atoms with Crippen LogP contribution >= 0.6 is 0 Å². The summed E-state index contributed by atoms with van der Waals surface area (Å²) >= 11 is 0. The first kappa shape index (κ1) is 13.1. The largest absolute Gasteiger partial charge is 0.476 e. The highest BCUT2D eigenvalue weighted by atomic mass is 16.5. The number of aromatic carboxylic acids is 1. The van der Waals surface area contributed by atoms with E-state index in [0.717, 1.165) is 12.8 Å². The number of hydrogen-bond donors (Lipinski definition) is 2. The molecule has 0 amide bonds. The van der Waals surface area contributed by atoms with Crippen LogP contribution in [0.4, 0.5) is 0 Å². The minimum Gasteiger partial charge on any atom is -0.476 e. The zero-order valence-corrected chi connectivity index (χ0v) is 10.9. The van der Waals surface area contributed by atoms with Gasteiger partial charge in [0.1, 0.15) is 5.69 Å². The van der Waals surface area contributed by atoms with E-state index >= 15 is 0 Å². The number of carboxylic acid groups (broad SMARTS) is 1. The molecule has 0 aromatic carbocycles. The van der Waals surface area contributed by atoms with Crippen molar-refractivity contribution in [3.05, 3.63) is 23.5 Å². The predicted octanol–water partition coefficient (Wildman–Crippen LogP) is 1.24. The molecule has 2 N–H and O–H groups in total. The number of carboxylic acids is 1. The molecule has 2 aromatic rings. The molecule has 106 valence electrons. The van der Waals surface area contributed by atoms with Crippen LogP contribution in [-0.4, -0.2) is 36.7 Å². The van der Waals surface area contributed by atoms with Crippen molar-refractivity contribution in [3.63, 3.8) is 0 Å². The lowest BCUT2D eigenvalue weighted by atomic mass is 9.86. The van der Waals surface area contributed by atoms with Gasteiger partial charge in [-0.15, -0.1) is 15.3 Å². The summed E-state index contributed by atoms with van der Waals surface area (Å²) < 4.78 is 5.24. The Balaban J connectivity index is 1.70. The van der Waals surface area contributed by atoms with Crippen molar-refractivity contribution in [2.24, 2.45) is 5.92 Å². The van der Waals surface area contributed by atoms with E-state index in [1.807, 2.05) is 0 Å². The van der Waals surface area contributed by atoms with Crippen LogP contribution in [0.25, 0.3) is 0 Å². The van der Waals surface area contributed by atoms with Gasteiger partial charge in [-0.25, -0.2) is 9.89 Å². The van der Waals surface area contributed by atoms with Crippen LogP contribution in [0.5, 0.6) is 11.8 Å². The van der Waals surface area contributed by atoms with Gasteiger partial charge in [-0.2, -0.15) is 0 Å². The SMILES string of the molecule is O=C(O)c1nn[nH]c1Oc1ccc(C#CC2CCC2)nn1. The summed E-state index contributed by atoms with van der Waals surface area (Å²) in [5, 5.41) is 25.7. The van der Waals surface area contributed by atoms with Crippen LogP contribution in [-0.2, 0) is 0 Å². The summed E-state index contributed by atoms with van der Waals surface area (Å²) in [6.45, 7) is 0. The zero-order valence-electron chi connectivity index (χ0n) is 10.9. The number of ether oxygens (including phenoxy) is 1. The lowest BCUT2D eigenvalue weighted by Gasteiger charge is -2.18. The predicted molar refractivity (Wildman–Crippen MR) is 69.7 cm³/mol. The van der Waals surface area contributed by atoms with Crippen molar-refractivity contribution in [2.45, 2.75) is 19.3 Å². The van der Waals surface area contributed by atoms with Crippen LogP contribution in [0.15, 0.2) is 12.1 Å². The second-order valence-corrected chi connectivity index (χ2v) is 4.55. The molecule has 0 saturated heterocycles. The molecule has 21 heavy (non-hydrogen) atoms. The monoisotopic (exact) mass is 285 g/mol. The number of nitrogens with zero attached hydrogens (tertiary/aromatic N) is 4. The number of H-pyrrole nitrogens is 1. The third-order valence-electron chi connectivity index (χ3n) is 3.08. The Kier molecular flexibility index (Phi) is 3.47. The summed E-state index contributed by atoms with van der Waals surface area (Å²) in [4.78, 5) is 10.9. The van der Waals surface area contributed by atoms with Gasteiger partial charge in [0, 0.05) is 12.0 Å². The summed E-state index contributed by atoms with van der Waals surface area (Å²) in [7, 11) is 0. The van der Waals surface area contributed by atoms with E-state index in [1.54, 1.807) is 12.1 Å². The van der Waals surface area contributed by atoms with Crippen LogP contribution in [0.2, 0.25) is 0 Å². The molecule has 1 saturated carbocycles. The lowest BCUT2D eigenvalue weighted by Crippen LogP contribution is -2.07. The third-order valence-corrected chi connectivity index (χ3v) is 3.08. The molecule has 0 unspecified atom stereocenters. The van der Waals surface area contributed by atoms with E-state index in [2.05, 4.69) is 37.4 Å². The lowest BCUT2D eigenvalue weighted by molar-refractivity contribution is 0.0687. The molecule has 2 heterocycles. The molecule has 1 aliphatic rings. The number of aromatic nitrogens is 5. The number of aromatic amines is 1. The molecule has 1 aliphatic carbocycles. The zero-order chi connectivity index (χ0) is 14.7. The van der Waals surface area contributed by atoms with Crippen molar-refractivity contribution in [3.8, 4) is 23.6 Å². The number of rotatable bonds is 3. The second kappa shape index (κ2) is 5.58. The van der Waals surface area contributed by atoms with Crippen LogP contribution < -0.4 is 4.74 Å². The summed E-state index contributed by atoms with van der Waals surface area (Å²) in [5.41, 5.74) is 0.237. The number of nitrogens with one attached hydrogen (secondary N) is 1. The molecule has 8 nitrogen and oxygen atoms in total. The fraction of sp³-hybridized carbons (Fsp3) is 0.308. The minimum absolute atomic E-state index is 0.0925. The Hall–Kier alpha value is -2.95. The standard InChI is InChI=1S/C13H11N5O3/c19-13(20)11-12(17-18-16-11)21-10-7-6-9(14-15-10)5-4-8-2-1-3-8/h6-8H,1-3H2,(H,19,20)(H,16,17,18). The number of hydrogen-bond acceptors (Lipinski definition) is 6. The highest BCUT2D eigenvalue weighted by molar-refractivity contribution is 5.87. The van der Waals surface area contributed by atoms with Crippen LogP contribution in [0.3, 0.4) is 0 Å². The topological polar surface area (TPSA) is 114 Å². The van der Waals surface area contributed by atoms with E-state index < -0.39 is 5.97 Å². The fourth-order valence-electron chi connectivity index (χ4n) is 1.70. The molecular weight excluding hydrogens is 274 g/mol. The molecule has 0 radical (unpaired) electrons. The Labute approximate surface area is 119 Å². The first-order chi connectivity index (χ1) is 10.2. The van der Waals surface area contributed by atoms with Gasteiger partial charge in [-0.3, -0.25) is 0 Å². The van der Waals surface area contributed by atoms with E-state index in [0.29, 0.717) is 11.6 Å². The maximum Gasteiger partial charge on any atom is 0.362 e. The molecule has 0 bridgehead atoms. The highest BCUT2D eigenvalue weighted by Gasteiger charge is 2.17. The van der Waals surface area contributed by atoms with Gasteiger partial charge in [-0.1, -0.05) is 17.6 Å². The van der Waals surface area contributed by atoms with E-state index in [1.165, 1.54) is 6.42 Å². The normalized spacial score (nSPS) is 13.9. The number of carbonyl (C=O) groups is 1. The molecule has 3 rings (SSSR count). The van der Waals surface area contributed by atoms with E-state index in [4.69, 9.17) is 9.84 Å².